The van der Waals surface area contributed by atoms with Crippen LogP contribution < -0.4 is 0 Å². The molecule has 2 aromatic carbocycles. The highest BCUT2D eigenvalue weighted by atomic mass is 79.9. The minimum absolute atomic E-state index is 0.267. The van der Waals surface area contributed by atoms with E-state index in [4.69, 9.17) is 4.74 Å². The molecular weight excluding hydrogens is 340 g/mol. The largest absolute Gasteiger partial charge is 0.462 e. The van der Waals surface area contributed by atoms with Gasteiger partial charge < -0.3 is 4.74 Å². The van der Waals surface area contributed by atoms with E-state index in [0.717, 1.165) is 15.6 Å². The molecule has 0 heterocycles. The number of hydrogen-bond acceptors (Lipinski definition) is 2. The molecule has 114 valence electrons. The van der Waals surface area contributed by atoms with Crippen molar-refractivity contribution < 1.29 is 9.53 Å². The number of hydrogen-bond donors (Lipinski definition) is 0. The zero-order valence-electron chi connectivity index (χ0n) is 12.8. The average Bonchev–Trinajstić information content (AvgIpc) is 2.52. The monoisotopic (exact) mass is 358 g/mol. The SMILES string of the molecule is CC(C)COC(=O)c1ccc(/C=C/c2ccc(Br)cc2)cc1. The second-order valence-electron chi connectivity index (χ2n) is 5.50. The Morgan fingerprint density at radius 3 is 2.00 bits per heavy atom. The summed E-state index contributed by atoms with van der Waals surface area (Å²) < 4.78 is 6.27. The number of rotatable bonds is 5. The molecule has 0 aliphatic rings. The maximum atomic E-state index is 11.8. The fraction of sp³-hybridized carbons (Fsp3) is 0.211. The van der Waals surface area contributed by atoms with Crippen molar-refractivity contribution in [2.45, 2.75) is 13.8 Å². The van der Waals surface area contributed by atoms with E-state index in [2.05, 4.69) is 15.9 Å². The Hall–Kier alpha value is -1.87. The molecule has 0 aromatic heterocycles. The molecule has 2 rings (SSSR count). The molecule has 0 spiro atoms. The number of esters is 1. The molecule has 0 bridgehead atoms. The smallest absolute Gasteiger partial charge is 0.338 e. The van der Waals surface area contributed by atoms with E-state index in [0.29, 0.717) is 18.1 Å². The van der Waals surface area contributed by atoms with E-state index in [1.165, 1.54) is 0 Å². The lowest BCUT2D eigenvalue weighted by Gasteiger charge is -2.07. The highest BCUT2D eigenvalue weighted by Crippen LogP contribution is 2.14. The summed E-state index contributed by atoms with van der Waals surface area (Å²) in [5, 5.41) is 0. The Kier molecular flexibility index (Phi) is 5.96. The zero-order chi connectivity index (χ0) is 15.9. The molecule has 0 atom stereocenters. The van der Waals surface area contributed by atoms with Crippen LogP contribution in [-0.4, -0.2) is 12.6 Å². The molecule has 22 heavy (non-hydrogen) atoms. The summed E-state index contributed by atoms with van der Waals surface area (Å²) in [4.78, 5) is 11.8. The average molecular weight is 359 g/mol. The van der Waals surface area contributed by atoms with Crippen molar-refractivity contribution in [1.29, 1.82) is 0 Å². The van der Waals surface area contributed by atoms with Crippen LogP contribution in [-0.2, 0) is 4.74 Å². The molecule has 0 unspecified atom stereocenters. The predicted molar refractivity (Wildman–Crippen MR) is 94.6 cm³/mol. The molecule has 0 saturated carbocycles. The Morgan fingerprint density at radius 1 is 1.00 bits per heavy atom. The molecule has 0 saturated heterocycles. The highest BCUT2D eigenvalue weighted by molar-refractivity contribution is 9.10. The first-order valence-electron chi connectivity index (χ1n) is 7.25. The van der Waals surface area contributed by atoms with Gasteiger partial charge in [0.2, 0.25) is 0 Å². The molecule has 2 nitrogen and oxygen atoms in total. The second-order valence-corrected chi connectivity index (χ2v) is 6.41. The van der Waals surface area contributed by atoms with Gasteiger partial charge in [0.05, 0.1) is 12.2 Å². The first-order valence-corrected chi connectivity index (χ1v) is 8.05. The third-order valence-corrected chi connectivity index (χ3v) is 3.56. The summed E-state index contributed by atoms with van der Waals surface area (Å²) in [6, 6.07) is 15.5. The van der Waals surface area contributed by atoms with Gasteiger partial charge in [-0.25, -0.2) is 4.79 Å². The van der Waals surface area contributed by atoms with Gasteiger partial charge in [-0.3, -0.25) is 0 Å². The van der Waals surface area contributed by atoms with Crippen molar-refractivity contribution in [2.24, 2.45) is 5.92 Å². The van der Waals surface area contributed by atoms with Crippen LogP contribution in [0.4, 0.5) is 0 Å². The molecule has 0 aliphatic carbocycles. The fourth-order valence-corrected chi connectivity index (χ4v) is 2.09. The fourth-order valence-electron chi connectivity index (χ4n) is 1.82. The lowest BCUT2D eigenvalue weighted by Crippen LogP contribution is -2.09. The van der Waals surface area contributed by atoms with Crippen LogP contribution in [0, 0.1) is 5.92 Å². The number of ether oxygens (including phenoxy) is 1. The summed E-state index contributed by atoms with van der Waals surface area (Å²) in [5.74, 6) is 0.0780. The van der Waals surface area contributed by atoms with Crippen LogP contribution in [0.1, 0.15) is 35.3 Å². The van der Waals surface area contributed by atoms with Crippen LogP contribution in [0.15, 0.2) is 53.0 Å². The number of carbonyl (C=O) groups is 1. The normalized spacial score (nSPS) is 11.1. The van der Waals surface area contributed by atoms with Gasteiger partial charge in [-0.05, 0) is 41.3 Å². The van der Waals surface area contributed by atoms with Crippen molar-refractivity contribution in [3.8, 4) is 0 Å². The maximum absolute atomic E-state index is 11.8. The van der Waals surface area contributed by atoms with Crippen molar-refractivity contribution in [1.82, 2.24) is 0 Å². The molecule has 2 aromatic rings. The van der Waals surface area contributed by atoms with E-state index < -0.39 is 0 Å². The van der Waals surface area contributed by atoms with E-state index in [-0.39, 0.29) is 5.97 Å². The molecule has 0 N–H and O–H groups in total. The molecule has 0 aliphatic heterocycles. The van der Waals surface area contributed by atoms with Crippen molar-refractivity contribution in [3.63, 3.8) is 0 Å². The van der Waals surface area contributed by atoms with Gasteiger partial charge in [-0.15, -0.1) is 0 Å². The van der Waals surface area contributed by atoms with E-state index in [1.54, 1.807) is 12.1 Å². The number of carbonyl (C=O) groups excluding carboxylic acids is 1. The van der Waals surface area contributed by atoms with Crippen LogP contribution >= 0.6 is 15.9 Å². The van der Waals surface area contributed by atoms with Gasteiger partial charge >= 0.3 is 5.97 Å². The van der Waals surface area contributed by atoms with Gasteiger partial charge in [-0.1, -0.05) is 66.2 Å². The predicted octanol–water partition coefficient (Wildman–Crippen LogP) is 5.43. The van der Waals surface area contributed by atoms with Gasteiger partial charge in [0.15, 0.2) is 0 Å². The summed E-state index contributed by atoms with van der Waals surface area (Å²) in [6.07, 6.45) is 4.06. The molecule has 0 radical (unpaired) electrons. The minimum atomic E-state index is -0.267. The van der Waals surface area contributed by atoms with E-state index >= 15 is 0 Å². The minimum Gasteiger partial charge on any atom is -0.462 e. The Balaban J connectivity index is 1.99. The third-order valence-electron chi connectivity index (χ3n) is 3.03. The molecule has 3 heteroatoms. The van der Waals surface area contributed by atoms with Gasteiger partial charge in [0.1, 0.15) is 0 Å². The Bertz CT molecular complexity index is 640. The van der Waals surface area contributed by atoms with E-state index in [9.17, 15) is 4.79 Å². The van der Waals surface area contributed by atoms with Crippen LogP contribution in [0.2, 0.25) is 0 Å². The zero-order valence-corrected chi connectivity index (χ0v) is 14.3. The van der Waals surface area contributed by atoms with Gasteiger partial charge in [-0.2, -0.15) is 0 Å². The number of benzene rings is 2. The van der Waals surface area contributed by atoms with Crippen LogP contribution in [0.25, 0.3) is 12.2 Å². The van der Waals surface area contributed by atoms with Gasteiger partial charge in [0, 0.05) is 4.47 Å². The van der Waals surface area contributed by atoms with Gasteiger partial charge in [0.25, 0.3) is 0 Å². The number of halogens is 1. The summed E-state index contributed by atoms with van der Waals surface area (Å²) in [7, 11) is 0. The summed E-state index contributed by atoms with van der Waals surface area (Å²) in [6.45, 7) is 4.48. The summed E-state index contributed by atoms with van der Waals surface area (Å²) in [5.41, 5.74) is 2.76. The molecule has 0 fully saturated rings. The first kappa shape index (κ1) is 16.5. The maximum Gasteiger partial charge on any atom is 0.338 e. The Labute approximate surface area is 139 Å². The van der Waals surface area contributed by atoms with Crippen molar-refractivity contribution in [2.75, 3.05) is 6.61 Å². The van der Waals surface area contributed by atoms with Crippen LogP contribution in [0.3, 0.4) is 0 Å². The van der Waals surface area contributed by atoms with E-state index in [1.807, 2.05) is 62.4 Å². The lowest BCUT2D eigenvalue weighted by atomic mass is 10.1. The standard InChI is InChI=1S/C19H19BrO2/c1-14(2)13-22-19(21)17-9-5-15(6-10-17)3-4-16-7-11-18(20)12-8-16/h3-12,14H,13H2,1-2H3/b4-3+. The molecular formula is C19H19BrO2. The third kappa shape index (κ3) is 5.15. The quantitative estimate of drug-likeness (QED) is 0.525. The summed E-state index contributed by atoms with van der Waals surface area (Å²) >= 11 is 3.42. The van der Waals surface area contributed by atoms with Crippen LogP contribution in [0.5, 0.6) is 0 Å². The second kappa shape index (κ2) is 7.95. The van der Waals surface area contributed by atoms with Crippen molar-refractivity contribution >= 4 is 34.1 Å². The van der Waals surface area contributed by atoms with Crippen molar-refractivity contribution in [3.05, 3.63) is 69.7 Å². The topological polar surface area (TPSA) is 26.3 Å². The first-order chi connectivity index (χ1) is 10.5. The lowest BCUT2D eigenvalue weighted by molar-refractivity contribution is 0.0459. The highest BCUT2D eigenvalue weighted by Gasteiger charge is 2.07. The molecule has 0 amide bonds. The Morgan fingerprint density at radius 2 is 1.50 bits per heavy atom.